The average Bonchev–Trinajstić information content (AvgIpc) is 3.04. The van der Waals surface area contributed by atoms with Crippen molar-refractivity contribution in [3.05, 3.63) is 52.9 Å². The lowest BCUT2D eigenvalue weighted by Crippen LogP contribution is -2.15. The van der Waals surface area contributed by atoms with Crippen molar-refractivity contribution in [3.8, 4) is 11.5 Å². The molecule has 2 heterocycles. The highest BCUT2D eigenvalue weighted by molar-refractivity contribution is 6.00. The molecule has 7 heteroatoms. The average molecular weight is 413 g/mol. The number of esters is 1. The van der Waals surface area contributed by atoms with E-state index in [-0.39, 0.29) is 12.4 Å². The summed E-state index contributed by atoms with van der Waals surface area (Å²) in [6.07, 6.45) is 3.78. The molecule has 0 fully saturated rings. The number of ketones is 1. The fourth-order valence-corrected chi connectivity index (χ4v) is 3.38. The van der Waals surface area contributed by atoms with E-state index in [1.807, 2.05) is 26.0 Å². The van der Waals surface area contributed by atoms with Crippen molar-refractivity contribution in [1.29, 1.82) is 0 Å². The summed E-state index contributed by atoms with van der Waals surface area (Å²) in [5, 5.41) is 0. The number of benzene rings is 1. The predicted octanol–water partition coefficient (Wildman–Crippen LogP) is 3.35. The van der Waals surface area contributed by atoms with Crippen LogP contribution in [0.3, 0.4) is 0 Å². The summed E-state index contributed by atoms with van der Waals surface area (Å²) in [5.41, 5.74) is 3.23. The molecule has 0 unspecified atom stereocenters. The van der Waals surface area contributed by atoms with Crippen LogP contribution in [0.1, 0.15) is 33.7 Å². The van der Waals surface area contributed by atoms with Crippen LogP contribution < -0.4 is 9.47 Å². The molecule has 1 aliphatic heterocycles. The zero-order valence-corrected chi connectivity index (χ0v) is 17.6. The Morgan fingerprint density at radius 2 is 1.90 bits per heavy atom. The van der Waals surface area contributed by atoms with Gasteiger partial charge in [0.05, 0.1) is 0 Å². The molecule has 0 aliphatic carbocycles. The van der Waals surface area contributed by atoms with Crippen molar-refractivity contribution in [2.45, 2.75) is 26.8 Å². The minimum Gasteiger partial charge on any atom is -0.486 e. The van der Waals surface area contributed by atoms with Gasteiger partial charge in [-0.15, -0.1) is 0 Å². The third-order valence-corrected chi connectivity index (χ3v) is 4.93. The smallest absolute Gasteiger partial charge is 0.331 e. The number of aryl methyl sites for hydroxylation is 1. The van der Waals surface area contributed by atoms with Gasteiger partial charge in [0.2, 0.25) is 5.78 Å². The molecule has 7 nitrogen and oxygen atoms in total. The van der Waals surface area contributed by atoms with E-state index in [1.165, 1.54) is 6.08 Å². The standard InChI is InChI=1S/C23H27NO6/c1-16-13-19(17(2)24(16)9-4-10-27-3)20(25)15-30-23(26)8-6-18-5-7-21-22(14-18)29-12-11-28-21/h5-8,13-14H,4,9-12,15H2,1-3H3/b8-6+. The van der Waals surface area contributed by atoms with Gasteiger partial charge in [0, 0.05) is 43.3 Å². The van der Waals surface area contributed by atoms with Crippen molar-refractivity contribution in [1.82, 2.24) is 4.57 Å². The lowest BCUT2D eigenvalue weighted by Gasteiger charge is -2.18. The number of nitrogens with zero attached hydrogens (tertiary/aromatic N) is 1. The molecule has 0 saturated carbocycles. The third kappa shape index (κ3) is 5.30. The van der Waals surface area contributed by atoms with Gasteiger partial charge in [-0.3, -0.25) is 4.79 Å². The summed E-state index contributed by atoms with van der Waals surface area (Å²) in [4.78, 5) is 24.6. The number of carbonyl (C=O) groups is 2. The Morgan fingerprint density at radius 3 is 2.67 bits per heavy atom. The molecule has 0 amide bonds. The second-order valence-electron chi connectivity index (χ2n) is 7.05. The molecule has 1 aliphatic rings. The number of hydrogen-bond donors (Lipinski definition) is 0. The number of carbonyl (C=O) groups excluding carboxylic acids is 2. The van der Waals surface area contributed by atoms with Gasteiger partial charge in [0.25, 0.3) is 0 Å². The molecule has 0 radical (unpaired) electrons. The van der Waals surface area contributed by atoms with Crippen LogP contribution in [0.2, 0.25) is 0 Å². The highest BCUT2D eigenvalue weighted by atomic mass is 16.6. The number of ether oxygens (including phenoxy) is 4. The molecule has 160 valence electrons. The monoisotopic (exact) mass is 413 g/mol. The van der Waals surface area contributed by atoms with Crippen molar-refractivity contribution < 1.29 is 28.5 Å². The van der Waals surface area contributed by atoms with Crippen LogP contribution in [0.4, 0.5) is 0 Å². The molecule has 30 heavy (non-hydrogen) atoms. The number of methoxy groups -OCH3 is 1. The fourth-order valence-electron chi connectivity index (χ4n) is 3.38. The molecule has 0 bridgehead atoms. The maximum absolute atomic E-state index is 12.5. The normalized spacial score (nSPS) is 12.9. The Balaban J connectivity index is 1.55. The highest BCUT2D eigenvalue weighted by Gasteiger charge is 2.17. The number of aromatic nitrogens is 1. The van der Waals surface area contributed by atoms with Gasteiger partial charge >= 0.3 is 5.97 Å². The lowest BCUT2D eigenvalue weighted by molar-refractivity contribution is -0.136. The second kappa shape index (κ2) is 10.1. The topological polar surface area (TPSA) is 76.0 Å². The quantitative estimate of drug-likeness (QED) is 0.272. The van der Waals surface area contributed by atoms with Crippen LogP contribution in [0.5, 0.6) is 11.5 Å². The fraction of sp³-hybridized carbons (Fsp3) is 0.391. The van der Waals surface area contributed by atoms with E-state index in [1.54, 1.807) is 25.3 Å². The molecule has 3 rings (SSSR count). The largest absolute Gasteiger partial charge is 0.486 e. The predicted molar refractivity (Wildman–Crippen MR) is 112 cm³/mol. The summed E-state index contributed by atoms with van der Waals surface area (Å²) in [7, 11) is 1.67. The molecule has 1 aromatic carbocycles. The lowest BCUT2D eigenvalue weighted by atomic mass is 10.1. The van der Waals surface area contributed by atoms with E-state index < -0.39 is 5.97 Å². The van der Waals surface area contributed by atoms with Gasteiger partial charge in [-0.2, -0.15) is 0 Å². The Bertz CT molecular complexity index is 943. The van der Waals surface area contributed by atoms with Crippen LogP contribution in [0, 0.1) is 13.8 Å². The van der Waals surface area contributed by atoms with Crippen LogP contribution in [0.15, 0.2) is 30.3 Å². The SMILES string of the molecule is COCCCn1c(C)cc(C(=O)COC(=O)/C=C/c2ccc3c(c2)OCCO3)c1C. The van der Waals surface area contributed by atoms with E-state index in [0.29, 0.717) is 36.9 Å². The zero-order valence-electron chi connectivity index (χ0n) is 17.6. The van der Waals surface area contributed by atoms with Crippen molar-refractivity contribution in [2.24, 2.45) is 0 Å². The van der Waals surface area contributed by atoms with Crippen molar-refractivity contribution >= 4 is 17.8 Å². The summed E-state index contributed by atoms with van der Waals surface area (Å²) in [6, 6.07) is 7.25. The maximum atomic E-state index is 12.5. The van der Waals surface area contributed by atoms with E-state index in [9.17, 15) is 9.59 Å². The summed E-state index contributed by atoms with van der Waals surface area (Å²) in [5.74, 6) is 0.536. The highest BCUT2D eigenvalue weighted by Crippen LogP contribution is 2.31. The Morgan fingerprint density at radius 1 is 1.13 bits per heavy atom. The van der Waals surface area contributed by atoms with Gasteiger partial charge in [0.1, 0.15) is 13.2 Å². The van der Waals surface area contributed by atoms with E-state index in [4.69, 9.17) is 18.9 Å². The molecular weight excluding hydrogens is 386 g/mol. The van der Waals surface area contributed by atoms with Crippen LogP contribution >= 0.6 is 0 Å². The second-order valence-corrected chi connectivity index (χ2v) is 7.05. The summed E-state index contributed by atoms with van der Waals surface area (Å²) in [6.45, 7) is 6.02. The van der Waals surface area contributed by atoms with Crippen molar-refractivity contribution in [3.63, 3.8) is 0 Å². The molecule has 0 saturated heterocycles. The third-order valence-electron chi connectivity index (χ3n) is 4.93. The minimum atomic E-state index is -0.577. The number of hydrogen-bond acceptors (Lipinski definition) is 6. The number of fused-ring (bicyclic) bond motifs is 1. The summed E-state index contributed by atoms with van der Waals surface area (Å²) >= 11 is 0. The Kier molecular flexibility index (Phi) is 7.30. The van der Waals surface area contributed by atoms with Gasteiger partial charge in [-0.1, -0.05) is 6.07 Å². The molecule has 2 aromatic rings. The first kappa shape index (κ1) is 21.6. The Hall–Kier alpha value is -3.06. The molecule has 0 atom stereocenters. The summed E-state index contributed by atoms with van der Waals surface area (Å²) < 4.78 is 23.3. The number of rotatable bonds is 9. The number of Topliss-reactive ketones (excluding diaryl/α,β-unsaturated/α-hetero) is 1. The molecular formula is C23H27NO6. The van der Waals surface area contributed by atoms with Gasteiger partial charge in [-0.05, 0) is 50.1 Å². The van der Waals surface area contributed by atoms with Crippen LogP contribution in [0.25, 0.3) is 6.08 Å². The van der Waals surface area contributed by atoms with E-state index in [2.05, 4.69) is 4.57 Å². The Labute approximate surface area is 176 Å². The first-order valence-electron chi connectivity index (χ1n) is 9.93. The molecule has 0 spiro atoms. The first-order chi connectivity index (χ1) is 14.5. The van der Waals surface area contributed by atoms with Gasteiger partial charge < -0.3 is 23.5 Å². The molecule has 0 N–H and O–H groups in total. The van der Waals surface area contributed by atoms with Gasteiger partial charge in [-0.25, -0.2) is 4.79 Å². The minimum absolute atomic E-state index is 0.220. The van der Waals surface area contributed by atoms with E-state index >= 15 is 0 Å². The maximum Gasteiger partial charge on any atom is 0.331 e. The van der Waals surface area contributed by atoms with Crippen LogP contribution in [-0.2, 0) is 20.8 Å². The van der Waals surface area contributed by atoms with Gasteiger partial charge in [0.15, 0.2) is 18.1 Å². The van der Waals surface area contributed by atoms with E-state index in [0.717, 1.165) is 29.9 Å². The zero-order chi connectivity index (χ0) is 21.5. The van der Waals surface area contributed by atoms with Crippen molar-refractivity contribution in [2.75, 3.05) is 33.5 Å². The van der Waals surface area contributed by atoms with Crippen LogP contribution in [-0.4, -0.2) is 49.9 Å². The first-order valence-corrected chi connectivity index (χ1v) is 9.93. The molecule has 1 aromatic heterocycles.